The molecule has 4 heteroatoms. The third-order valence-electron chi connectivity index (χ3n) is 3.16. The van der Waals surface area contributed by atoms with Gasteiger partial charge in [0.1, 0.15) is 0 Å². The number of nitrogens with zero attached hydrogens (tertiary/aromatic N) is 2. The molecule has 2 heterocycles. The SMILES string of the molecule is C#CCN1CCN(C2CCNCC2)C1=O. The van der Waals surface area contributed by atoms with E-state index in [1.165, 1.54) is 0 Å². The summed E-state index contributed by atoms with van der Waals surface area (Å²) in [5.41, 5.74) is 0. The highest BCUT2D eigenvalue weighted by Crippen LogP contribution is 2.18. The zero-order valence-corrected chi connectivity index (χ0v) is 8.91. The van der Waals surface area contributed by atoms with Crippen LogP contribution in [0, 0.1) is 12.3 Å². The molecule has 0 atom stereocenters. The van der Waals surface area contributed by atoms with Crippen LogP contribution in [0.2, 0.25) is 0 Å². The monoisotopic (exact) mass is 207 g/mol. The summed E-state index contributed by atoms with van der Waals surface area (Å²) in [6.45, 7) is 4.10. The van der Waals surface area contributed by atoms with Gasteiger partial charge in [-0.1, -0.05) is 5.92 Å². The number of hydrogen-bond donors (Lipinski definition) is 1. The molecule has 2 aliphatic rings. The Morgan fingerprint density at radius 3 is 2.80 bits per heavy atom. The Hall–Kier alpha value is -1.21. The predicted molar refractivity (Wildman–Crippen MR) is 58.4 cm³/mol. The molecule has 2 amide bonds. The van der Waals surface area contributed by atoms with Crippen molar-refractivity contribution in [3.63, 3.8) is 0 Å². The summed E-state index contributed by atoms with van der Waals surface area (Å²) in [6, 6.07) is 0.543. The number of hydrogen-bond acceptors (Lipinski definition) is 2. The van der Waals surface area contributed by atoms with E-state index in [-0.39, 0.29) is 6.03 Å². The Balaban J connectivity index is 1.94. The Bertz CT molecular complexity index is 278. The molecule has 0 spiro atoms. The summed E-state index contributed by atoms with van der Waals surface area (Å²) in [7, 11) is 0. The number of amides is 2. The number of carbonyl (C=O) groups excluding carboxylic acids is 1. The topological polar surface area (TPSA) is 35.6 Å². The van der Waals surface area contributed by atoms with Gasteiger partial charge in [0.15, 0.2) is 0 Å². The standard InChI is InChI=1S/C11H17N3O/c1-2-7-13-8-9-14(11(13)15)10-3-5-12-6-4-10/h1,10,12H,3-9H2. The zero-order chi connectivity index (χ0) is 10.7. The lowest BCUT2D eigenvalue weighted by atomic mass is 10.1. The van der Waals surface area contributed by atoms with Gasteiger partial charge in [-0.25, -0.2) is 4.79 Å². The molecule has 15 heavy (non-hydrogen) atoms. The lowest BCUT2D eigenvalue weighted by Crippen LogP contribution is -2.45. The van der Waals surface area contributed by atoms with Crippen molar-refractivity contribution in [3.05, 3.63) is 0 Å². The Labute approximate surface area is 90.6 Å². The average molecular weight is 207 g/mol. The second-order valence-corrected chi connectivity index (χ2v) is 4.08. The van der Waals surface area contributed by atoms with Crippen molar-refractivity contribution in [2.75, 3.05) is 32.7 Å². The van der Waals surface area contributed by atoms with Gasteiger partial charge in [-0.15, -0.1) is 6.42 Å². The maximum atomic E-state index is 11.9. The van der Waals surface area contributed by atoms with Crippen LogP contribution in [0.4, 0.5) is 4.79 Å². The Kier molecular flexibility index (Phi) is 3.12. The third kappa shape index (κ3) is 2.07. The fourth-order valence-electron chi connectivity index (χ4n) is 2.32. The van der Waals surface area contributed by atoms with E-state index in [9.17, 15) is 4.79 Å². The molecule has 0 radical (unpaired) electrons. The minimum Gasteiger partial charge on any atom is -0.320 e. The second-order valence-electron chi connectivity index (χ2n) is 4.08. The predicted octanol–water partition coefficient (Wildman–Crippen LogP) is 0.109. The first-order valence-corrected chi connectivity index (χ1v) is 5.52. The minimum atomic E-state index is 0.125. The van der Waals surface area contributed by atoms with Gasteiger partial charge in [0, 0.05) is 19.1 Å². The number of nitrogens with one attached hydrogen (secondary N) is 1. The molecule has 2 fully saturated rings. The van der Waals surface area contributed by atoms with Crippen molar-refractivity contribution in [1.82, 2.24) is 15.1 Å². The lowest BCUT2D eigenvalue weighted by Gasteiger charge is -2.31. The maximum Gasteiger partial charge on any atom is 0.321 e. The molecular weight excluding hydrogens is 190 g/mol. The van der Waals surface area contributed by atoms with Crippen LogP contribution in [0.1, 0.15) is 12.8 Å². The summed E-state index contributed by atoms with van der Waals surface area (Å²) in [5.74, 6) is 2.53. The zero-order valence-electron chi connectivity index (χ0n) is 8.91. The molecule has 2 rings (SSSR count). The van der Waals surface area contributed by atoms with Crippen LogP contribution in [-0.2, 0) is 0 Å². The minimum absolute atomic E-state index is 0.125. The van der Waals surface area contributed by atoms with Gasteiger partial charge >= 0.3 is 6.03 Å². The van der Waals surface area contributed by atoms with Crippen LogP contribution in [0.5, 0.6) is 0 Å². The third-order valence-corrected chi connectivity index (χ3v) is 3.16. The highest BCUT2D eigenvalue weighted by atomic mass is 16.2. The molecule has 2 saturated heterocycles. The van der Waals surface area contributed by atoms with E-state index in [1.54, 1.807) is 4.90 Å². The number of rotatable bonds is 2. The normalized spacial score (nSPS) is 23.3. The quantitative estimate of drug-likeness (QED) is 0.652. The van der Waals surface area contributed by atoms with Crippen LogP contribution in [0.15, 0.2) is 0 Å². The van der Waals surface area contributed by atoms with E-state index >= 15 is 0 Å². The molecule has 0 bridgehead atoms. The molecule has 0 aliphatic carbocycles. The largest absolute Gasteiger partial charge is 0.321 e. The molecule has 0 aromatic heterocycles. The first-order chi connectivity index (χ1) is 7.33. The van der Waals surface area contributed by atoms with E-state index < -0.39 is 0 Å². The highest BCUT2D eigenvalue weighted by molar-refractivity contribution is 5.77. The van der Waals surface area contributed by atoms with Gasteiger partial charge in [0.2, 0.25) is 0 Å². The van der Waals surface area contributed by atoms with Gasteiger partial charge in [0.25, 0.3) is 0 Å². The van der Waals surface area contributed by atoms with Crippen LogP contribution in [0.3, 0.4) is 0 Å². The molecule has 0 saturated carbocycles. The van der Waals surface area contributed by atoms with E-state index in [0.717, 1.165) is 39.0 Å². The Morgan fingerprint density at radius 2 is 2.13 bits per heavy atom. The summed E-state index contributed by atoms with van der Waals surface area (Å²) >= 11 is 0. The van der Waals surface area contributed by atoms with Crippen LogP contribution in [-0.4, -0.2) is 54.6 Å². The van der Waals surface area contributed by atoms with E-state index in [1.807, 2.05) is 4.90 Å². The first-order valence-electron chi connectivity index (χ1n) is 5.52. The number of terminal acetylenes is 1. The lowest BCUT2D eigenvalue weighted by molar-refractivity contribution is 0.168. The van der Waals surface area contributed by atoms with Gasteiger partial charge < -0.3 is 15.1 Å². The smallest absolute Gasteiger partial charge is 0.320 e. The van der Waals surface area contributed by atoms with Crippen molar-refractivity contribution >= 4 is 6.03 Å². The fourth-order valence-corrected chi connectivity index (χ4v) is 2.32. The summed E-state index contributed by atoms with van der Waals surface area (Å²) < 4.78 is 0. The highest BCUT2D eigenvalue weighted by Gasteiger charge is 2.33. The van der Waals surface area contributed by atoms with Crippen LogP contribution >= 0.6 is 0 Å². The number of urea groups is 1. The van der Waals surface area contributed by atoms with Crippen LogP contribution < -0.4 is 5.32 Å². The summed E-state index contributed by atoms with van der Waals surface area (Å²) in [4.78, 5) is 15.7. The van der Waals surface area contributed by atoms with Gasteiger partial charge in [0.05, 0.1) is 6.54 Å². The molecule has 2 aliphatic heterocycles. The molecule has 4 nitrogen and oxygen atoms in total. The van der Waals surface area contributed by atoms with E-state index in [2.05, 4.69) is 11.2 Å². The van der Waals surface area contributed by atoms with Gasteiger partial charge in [-0.3, -0.25) is 0 Å². The number of carbonyl (C=O) groups is 1. The molecule has 0 aromatic carbocycles. The van der Waals surface area contributed by atoms with Crippen molar-refractivity contribution < 1.29 is 4.79 Å². The second kappa shape index (κ2) is 4.54. The molecule has 1 N–H and O–H groups in total. The summed E-state index contributed by atoms with van der Waals surface area (Å²) in [5, 5.41) is 3.31. The fraction of sp³-hybridized carbons (Fsp3) is 0.727. The van der Waals surface area contributed by atoms with Crippen LogP contribution in [0.25, 0.3) is 0 Å². The van der Waals surface area contributed by atoms with Crippen molar-refractivity contribution in [2.45, 2.75) is 18.9 Å². The maximum absolute atomic E-state index is 11.9. The molecule has 0 unspecified atom stereocenters. The van der Waals surface area contributed by atoms with Gasteiger partial charge in [-0.05, 0) is 25.9 Å². The van der Waals surface area contributed by atoms with Gasteiger partial charge in [-0.2, -0.15) is 0 Å². The van der Waals surface area contributed by atoms with E-state index in [4.69, 9.17) is 6.42 Å². The van der Waals surface area contributed by atoms with E-state index in [0.29, 0.717) is 12.6 Å². The molecule has 0 aromatic rings. The molecular formula is C11H17N3O. The Morgan fingerprint density at radius 1 is 1.40 bits per heavy atom. The number of piperidine rings is 1. The summed E-state index contributed by atoms with van der Waals surface area (Å²) in [6.07, 6.45) is 7.35. The molecule has 82 valence electrons. The van der Waals surface area contributed by atoms with Crippen molar-refractivity contribution in [1.29, 1.82) is 0 Å². The van der Waals surface area contributed by atoms with Crippen molar-refractivity contribution in [3.8, 4) is 12.3 Å². The van der Waals surface area contributed by atoms with Crippen molar-refractivity contribution in [2.24, 2.45) is 0 Å². The average Bonchev–Trinajstić information content (AvgIpc) is 2.63. The first kappa shape index (κ1) is 10.3.